The Morgan fingerprint density at radius 1 is 1.53 bits per heavy atom. The van der Waals surface area contributed by atoms with Crippen LogP contribution in [0.5, 0.6) is 0 Å². The largest absolute Gasteiger partial charge is 0.315 e. The Hall–Kier alpha value is -0.640. The van der Waals surface area contributed by atoms with Crippen LogP contribution in [0, 0.1) is 11.3 Å². The van der Waals surface area contributed by atoms with Crippen molar-refractivity contribution in [2.24, 2.45) is 0 Å². The summed E-state index contributed by atoms with van der Waals surface area (Å²) in [5.41, 5.74) is 0. The summed E-state index contributed by atoms with van der Waals surface area (Å²) in [5.74, 6) is 0. The Morgan fingerprint density at radius 3 is 2.93 bits per heavy atom. The average Bonchev–Trinajstić information content (AvgIpc) is 2.44. The van der Waals surface area contributed by atoms with Gasteiger partial charge in [0.05, 0.1) is 6.07 Å². The predicted molar refractivity (Wildman–Crippen MR) is 57.6 cm³/mol. The van der Waals surface area contributed by atoms with Gasteiger partial charge in [0.25, 0.3) is 0 Å². The number of sulfonamides is 1. The molecule has 1 aliphatic rings. The molecule has 0 amide bonds. The number of rotatable bonds is 3. The molecular formula is C9H17N3O2S. The highest BCUT2D eigenvalue weighted by atomic mass is 32.2. The summed E-state index contributed by atoms with van der Waals surface area (Å²) in [5, 5.41) is 10.8. The molecule has 0 saturated carbocycles. The molecule has 2 unspecified atom stereocenters. The Balaban J connectivity index is 2.56. The number of hydrogen-bond acceptors (Lipinski definition) is 4. The number of hydrogen-bond donors (Lipinski definition) is 2. The van der Waals surface area contributed by atoms with E-state index < -0.39 is 15.3 Å². The Morgan fingerprint density at radius 2 is 2.27 bits per heavy atom. The van der Waals surface area contributed by atoms with Crippen LogP contribution in [-0.4, -0.2) is 32.8 Å². The van der Waals surface area contributed by atoms with E-state index in [-0.39, 0.29) is 6.04 Å². The molecule has 0 aromatic carbocycles. The van der Waals surface area contributed by atoms with Crippen molar-refractivity contribution in [3.63, 3.8) is 0 Å². The van der Waals surface area contributed by atoms with Crippen molar-refractivity contribution in [3.05, 3.63) is 0 Å². The van der Waals surface area contributed by atoms with Gasteiger partial charge in [-0.15, -0.1) is 0 Å². The van der Waals surface area contributed by atoms with Crippen molar-refractivity contribution < 1.29 is 8.42 Å². The Bertz CT molecular complexity index is 326. The maximum atomic E-state index is 11.6. The van der Waals surface area contributed by atoms with E-state index in [4.69, 9.17) is 5.26 Å². The number of nitriles is 1. The third-order valence-corrected chi connectivity index (χ3v) is 4.22. The zero-order valence-corrected chi connectivity index (χ0v) is 9.68. The van der Waals surface area contributed by atoms with Crippen molar-refractivity contribution in [3.8, 4) is 6.07 Å². The highest BCUT2D eigenvalue weighted by Crippen LogP contribution is 2.07. The highest BCUT2D eigenvalue weighted by molar-refractivity contribution is 7.90. The first kappa shape index (κ1) is 12.4. The second-order valence-electron chi connectivity index (χ2n) is 3.83. The van der Waals surface area contributed by atoms with Crippen LogP contribution in [0.2, 0.25) is 0 Å². The van der Waals surface area contributed by atoms with E-state index in [1.54, 1.807) is 6.07 Å². The third kappa shape index (κ3) is 3.78. The maximum absolute atomic E-state index is 11.6. The number of nitrogens with one attached hydrogen (secondary N) is 2. The summed E-state index contributed by atoms with van der Waals surface area (Å²) in [4.78, 5) is 0. The second kappa shape index (κ2) is 5.45. The van der Waals surface area contributed by atoms with Gasteiger partial charge in [-0.2, -0.15) is 5.26 Å². The van der Waals surface area contributed by atoms with E-state index in [2.05, 4.69) is 10.0 Å². The quantitative estimate of drug-likeness (QED) is 0.714. The molecule has 2 atom stereocenters. The summed E-state index contributed by atoms with van der Waals surface area (Å²) in [6, 6.07) is 1.66. The molecule has 15 heavy (non-hydrogen) atoms. The third-order valence-electron chi connectivity index (χ3n) is 2.53. The zero-order chi connectivity index (χ0) is 11.3. The van der Waals surface area contributed by atoms with Crippen molar-refractivity contribution in [1.29, 1.82) is 5.26 Å². The first-order valence-electron chi connectivity index (χ1n) is 5.18. The van der Waals surface area contributed by atoms with Crippen LogP contribution in [0.25, 0.3) is 0 Å². The summed E-state index contributed by atoms with van der Waals surface area (Å²) in [7, 11) is -3.48. The van der Waals surface area contributed by atoms with Gasteiger partial charge >= 0.3 is 0 Å². The molecular weight excluding hydrogens is 214 g/mol. The second-order valence-corrected chi connectivity index (χ2v) is 5.86. The van der Waals surface area contributed by atoms with Crippen LogP contribution in [0.1, 0.15) is 26.2 Å². The van der Waals surface area contributed by atoms with E-state index in [1.807, 2.05) is 0 Å². The van der Waals surface area contributed by atoms with Gasteiger partial charge in [-0.3, -0.25) is 0 Å². The SMILES string of the molecule is CC(C#N)S(=O)(=O)NC1CCCCNC1. The van der Waals surface area contributed by atoms with Gasteiger partial charge in [0, 0.05) is 12.6 Å². The molecule has 0 spiro atoms. The first-order valence-corrected chi connectivity index (χ1v) is 6.72. The number of nitrogens with zero attached hydrogens (tertiary/aromatic N) is 1. The first-order chi connectivity index (χ1) is 7.06. The van der Waals surface area contributed by atoms with Crippen molar-refractivity contribution in [2.45, 2.75) is 37.5 Å². The normalized spacial score (nSPS) is 25.2. The lowest BCUT2D eigenvalue weighted by molar-refractivity contribution is 0.518. The Kier molecular flexibility index (Phi) is 4.51. The van der Waals surface area contributed by atoms with Crippen LogP contribution in [-0.2, 0) is 10.0 Å². The maximum Gasteiger partial charge on any atom is 0.227 e. The van der Waals surface area contributed by atoms with Crippen molar-refractivity contribution in [2.75, 3.05) is 13.1 Å². The molecule has 0 radical (unpaired) electrons. The standard InChI is InChI=1S/C9H17N3O2S/c1-8(6-10)15(13,14)12-9-4-2-3-5-11-7-9/h8-9,11-12H,2-5,7H2,1H3. The Labute approximate surface area is 90.9 Å². The summed E-state index contributed by atoms with van der Waals surface area (Å²) in [6.45, 7) is 2.98. The van der Waals surface area contributed by atoms with E-state index in [9.17, 15) is 8.42 Å². The summed E-state index contributed by atoms with van der Waals surface area (Å²) >= 11 is 0. The molecule has 6 heteroatoms. The molecule has 0 bridgehead atoms. The van der Waals surface area contributed by atoms with Gasteiger partial charge in [0.15, 0.2) is 5.25 Å². The van der Waals surface area contributed by atoms with E-state index in [1.165, 1.54) is 6.92 Å². The fraction of sp³-hybridized carbons (Fsp3) is 0.889. The molecule has 0 aliphatic carbocycles. The van der Waals surface area contributed by atoms with E-state index in [0.717, 1.165) is 25.8 Å². The monoisotopic (exact) mass is 231 g/mol. The van der Waals surface area contributed by atoms with Crippen molar-refractivity contribution >= 4 is 10.0 Å². The highest BCUT2D eigenvalue weighted by Gasteiger charge is 2.24. The molecule has 1 heterocycles. The minimum atomic E-state index is -3.48. The topological polar surface area (TPSA) is 82.0 Å². The molecule has 1 fully saturated rings. The van der Waals surface area contributed by atoms with Gasteiger partial charge in [-0.05, 0) is 26.3 Å². The fourth-order valence-electron chi connectivity index (χ4n) is 1.52. The molecule has 86 valence electrons. The molecule has 1 saturated heterocycles. The smallest absolute Gasteiger partial charge is 0.227 e. The molecule has 1 rings (SSSR count). The molecule has 5 nitrogen and oxygen atoms in total. The molecule has 1 aliphatic heterocycles. The summed E-state index contributed by atoms with van der Waals surface area (Å²) in [6.07, 6.45) is 2.93. The zero-order valence-electron chi connectivity index (χ0n) is 8.86. The van der Waals surface area contributed by atoms with Crippen LogP contribution in [0.4, 0.5) is 0 Å². The fourth-order valence-corrected chi connectivity index (χ4v) is 2.53. The van der Waals surface area contributed by atoms with E-state index in [0.29, 0.717) is 6.54 Å². The van der Waals surface area contributed by atoms with Gasteiger partial charge in [0.2, 0.25) is 10.0 Å². The minimum Gasteiger partial charge on any atom is -0.315 e. The molecule has 2 N–H and O–H groups in total. The van der Waals surface area contributed by atoms with Crippen LogP contribution in [0.15, 0.2) is 0 Å². The van der Waals surface area contributed by atoms with E-state index >= 15 is 0 Å². The summed E-state index contributed by atoms with van der Waals surface area (Å²) < 4.78 is 25.7. The van der Waals surface area contributed by atoms with Gasteiger partial charge in [-0.1, -0.05) is 6.42 Å². The van der Waals surface area contributed by atoms with Crippen molar-refractivity contribution in [1.82, 2.24) is 10.0 Å². The van der Waals surface area contributed by atoms with Crippen LogP contribution >= 0.6 is 0 Å². The lowest BCUT2D eigenvalue weighted by atomic mass is 10.2. The predicted octanol–water partition coefficient (Wildman–Crippen LogP) is -0.0400. The van der Waals surface area contributed by atoms with Gasteiger partial charge in [-0.25, -0.2) is 13.1 Å². The van der Waals surface area contributed by atoms with Gasteiger partial charge < -0.3 is 5.32 Å². The molecule has 0 aromatic rings. The van der Waals surface area contributed by atoms with Gasteiger partial charge in [0.1, 0.15) is 0 Å². The lowest BCUT2D eigenvalue weighted by Crippen LogP contribution is -2.43. The molecule has 0 aromatic heterocycles. The lowest BCUT2D eigenvalue weighted by Gasteiger charge is -2.17. The minimum absolute atomic E-state index is 0.0756. The van der Waals surface area contributed by atoms with Crippen LogP contribution < -0.4 is 10.0 Å². The average molecular weight is 231 g/mol. The van der Waals surface area contributed by atoms with Crippen LogP contribution in [0.3, 0.4) is 0 Å².